The number of pyridine rings is 1. The molecule has 0 aliphatic heterocycles. The van der Waals surface area contributed by atoms with Crippen LogP contribution in [0.25, 0.3) is 0 Å². The Labute approximate surface area is 112 Å². The van der Waals surface area contributed by atoms with Gasteiger partial charge < -0.3 is 19.9 Å². The molecule has 1 heterocycles. The van der Waals surface area contributed by atoms with Gasteiger partial charge in [-0.25, -0.2) is 9.78 Å². The van der Waals surface area contributed by atoms with Gasteiger partial charge in [0.25, 0.3) is 0 Å². The molecule has 0 bridgehead atoms. The van der Waals surface area contributed by atoms with Gasteiger partial charge in [0.2, 0.25) is 5.88 Å². The minimum atomic E-state index is -4.44. The number of aromatic nitrogens is 1. The minimum absolute atomic E-state index is 0.0351. The lowest BCUT2D eigenvalue weighted by Crippen LogP contribution is -2.21. The molecule has 0 radical (unpaired) electrons. The van der Waals surface area contributed by atoms with Crippen LogP contribution in [0.5, 0.6) is 5.88 Å². The molecule has 0 saturated carbocycles. The number of carbonyl (C=O) groups is 1. The molecule has 1 amide bonds. The van der Waals surface area contributed by atoms with E-state index in [1.807, 2.05) is 0 Å². The maximum Gasteiger partial charge on any atom is 0.422 e. The van der Waals surface area contributed by atoms with E-state index in [0.717, 1.165) is 0 Å². The molecule has 0 aliphatic rings. The van der Waals surface area contributed by atoms with E-state index in [1.54, 1.807) is 0 Å². The number of hydrogen-bond acceptors (Lipinski definition) is 5. The molecule has 0 fully saturated rings. The number of ether oxygens (including phenoxy) is 3. The highest BCUT2D eigenvalue weighted by atomic mass is 19.4. The van der Waals surface area contributed by atoms with E-state index in [0.29, 0.717) is 5.56 Å². The van der Waals surface area contributed by atoms with Gasteiger partial charge >= 0.3 is 12.3 Å². The van der Waals surface area contributed by atoms with Crippen LogP contribution in [0.4, 0.5) is 18.0 Å². The van der Waals surface area contributed by atoms with Gasteiger partial charge in [-0.1, -0.05) is 0 Å². The van der Waals surface area contributed by atoms with E-state index in [-0.39, 0.29) is 12.5 Å². The molecule has 0 aliphatic carbocycles. The lowest BCUT2D eigenvalue weighted by molar-refractivity contribution is -0.154. The Hall–Kier alpha value is -2.03. The summed E-state index contributed by atoms with van der Waals surface area (Å²) >= 11 is 0. The number of hydrogen-bond donors (Lipinski definition) is 1. The molecule has 20 heavy (non-hydrogen) atoms. The second-order valence-corrected chi connectivity index (χ2v) is 3.71. The van der Waals surface area contributed by atoms with Crippen molar-refractivity contribution in [2.45, 2.75) is 12.3 Å². The smallest absolute Gasteiger partial charge is 0.422 e. The van der Waals surface area contributed by atoms with Crippen LogP contribution in [-0.4, -0.2) is 37.6 Å². The van der Waals surface area contributed by atoms with Crippen LogP contribution in [0.3, 0.4) is 0 Å². The van der Waals surface area contributed by atoms with E-state index in [1.165, 1.54) is 25.4 Å². The van der Waals surface area contributed by atoms with Crippen molar-refractivity contribution in [1.82, 2.24) is 4.98 Å². The number of rotatable bonds is 6. The first-order valence-corrected chi connectivity index (χ1v) is 5.42. The first kappa shape index (κ1) is 16.0. The molecule has 1 unspecified atom stereocenters. The number of nitrogens with zero attached hydrogens (tertiary/aromatic N) is 1. The molecule has 112 valence electrons. The molecule has 1 aromatic rings. The van der Waals surface area contributed by atoms with E-state index in [4.69, 9.17) is 15.2 Å². The van der Waals surface area contributed by atoms with E-state index >= 15 is 0 Å². The average molecular weight is 294 g/mol. The number of halogens is 3. The van der Waals surface area contributed by atoms with Crippen LogP contribution in [0, 0.1) is 0 Å². The molecule has 1 aromatic heterocycles. The zero-order valence-electron chi connectivity index (χ0n) is 10.5. The van der Waals surface area contributed by atoms with E-state index < -0.39 is 25.0 Å². The van der Waals surface area contributed by atoms with Crippen molar-refractivity contribution < 1.29 is 32.2 Å². The van der Waals surface area contributed by atoms with Gasteiger partial charge in [-0.2, -0.15) is 13.2 Å². The third kappa shape index (κ3) is 5.74. The Morgan fingerprint density at radius 1 is 1.45 bits per heavy atom. The lowest BCUT2D eigenvalue weighted by atomic mass is 10.2. The van der Waals surface area contributed by atoms with Gasteiger partial charge in [0.15, 0.2) is 12.7 Å². The summed E-state index contributed by atoms with van der Waals surface area (Å²) in [4.78, 5) is 14.4. The number of amides is 1. The van der Waals surface area contributed by atoms with E-state index in [2.05, 4.69) is 9.72 Å². The summed E-state index contributed by atoms with van der Waals surface area (Å²) in [5.41, 5.74) is 5.32. The van der Waals surface area contributed by atoms with Gasteiger partial charge in [0, 0.05) is 24.9 Å². The summed E-state index contributed by atoms with van der Waals surface area (Å²) in [5, 5.41) is 0. The van der Waals surface area contributed by atoms with Crippen molar-refractivity contribution in [3.8, 4) is 5.88 Å². The number of carbonyl (C=O) groups excluding carboxylic acids is 1. The third-order valence-electron chi connectivity index (χ3n) is 2.09. The number of primary amides is 1. The highest BCUT2D eigenvalue weighted by Gasteiger charge is 2.28. The maximum atomic E-state index is 12.0. The highest BCUT2D eigenvalue weighted by molar-refractivity contribution is 5.65. The lowest BCUT2D eigenvalue weighted by Gasteiger charge is -2.16. The predicted molar refractivity (Wildman–Crippen MR) is 61.1 cm³/mol. The largest absolute Gasteiger partial charge is 0.468 e. The fraction of sp³-hybridized carbons (Fsp3) is 0.455. The molecule has 9 heteroatoms. The Morgan fingerprint density at radius 2 is 2.15 bits per heavy atom. The predicted octanol–water partition coefficient (Wildman–Crippen LogP) is 1.81. The van der Waals surface area contributed by atoms with Crippen LogP contribution in [-0.2, 0) is 9.47 Å². The fourth-order valence-electron chi connectivity index (χ4n) is 1.31. The zero-order valence-corrected chi connectivity index (χ0v) is 10.5. The topological polar surface area (TPSA) is 83.7 Å². The molecule has 6 nitrogen and oxygen atoms in total. The summed E-state index contributed by atoms with van der Waals surface area (Å²) < 4.78 is 49.9. The second-order valence-electron chi connectivity index (χ2n) is 3.71. The van der Waals surface area contributed by atoms with Crippen molar-refractivity contribution in [3.05, 3.63) is 23.9 Å². The maximum absolute atomic E-state index is 12.0. The summed E-state index contributed by atoms with van der Waals surface area (Å²) in [7, 11) is 1.39. The van der Waals surface area contributed by atoms with Crippen LogP contribution < -0.4 is 10.5 Å². The Bertz CT molecular complexity index is 436. The summed E-state index contributed by atoms with van der Waals surface area (Å²) in [6, 6.07) is 2.64. The van der Waals surface area contributed by atoms with Crippen LogP contribution in [0.2, 0.25) is 0 Å². The average Bonchev–Trinajstić information content (AvgIpc) is 2.35. The van der Waals surface area contributed by atoms with Gasteiger partial charge in [0.05, 0.1) is 6.61 Å². The Balaban J connectivity index is 2.70. The SMILES string of the molecule is COCC(OC(N)=O)c1ccc(OCC(F)(F)F)nc1. The summed E-state index contributed by atoms with van der Waals surface area (Å²) in [6.45, 7) is -1.40. The van der Waals surface area contributed by atoms with E-state index in [9.17, 15) is 18.0 Å². The standard InChI is InChI=1S/C11H13F3N2O4/c1-18-5-8(20-10(15)17)7-2-3-9(16-4-7)19-6-11(12,13)14/h2-4,8H,5-6H2,1H3,(H2,15,17). The Kier molecular flexibility index (Phi) is 5.56. The first-order valence-electron chi connectivity index (χ1n) is 5.42. The molecular formula is C11H13F3N2O4. The second kappa shape index (κ2) is 6.94. The number of nitrogens with two attached hydrogens (primary N) is 1. The van der Waals surface area contributed by atoms with Crippen LogP contribution in [0.15, 0.2) is 18.3 Å². The minimum Gasteiger partial charge on any atom is -0.468 e. The quantitative estimate of drug-likeness (QED) is 0.865. The molecule has 1 rings (SSSR count). The normalized spacial score (nSPS) is 12.8. The highest BCUT2D eigenvalue weighted by Crippen LogP contribution is 2.21. The van der Waals surface area contributed by atoms with Crippen molar-refractivity contribution in [2.24, 2.45) is 5.73 Å². The fourth-order valence-corrected chi connectivity index (χ4v) is 1.31. The van der Waals surface area contributed by atoms with Gasteiger partial charge in [-0.3, -0.25) is 0 Å². The molecular weight excluding hydrogens is 281 g/mol. The van der Waals surface area contributed by atoms with Gasteiger partial charge in [-0.05, 0) is 6.07 Å². The molecule has 0 aromatic carbocycles. The monoisotopic (exact) mass is 294 g/mol. The van der Waals surface area contributed by atoms with Crippen molar-refractivity contribution >= 4 is 6.09 Å². The van der Waals surface area contributed by atoms with Crippen molar-refractivity contribution in [3.63, 3.8) is 0 Å². The number of alkyl halides is 3. The Morgan fingerprint density at radius 3 is 2.60 bits per heavy atom. The third-order valence-corrected chi connectivity index (χ3v) is 2.09. The van der Waals surface area contributed by atoms with Gasteiger partial charge in [0.1, 0.15) is 0 Å². The molecule has 2 N–H and O–H groups in total. The first-order chi connectivity index (χ1) is 9.31. The van der Waals surface area contributed by atoms with Gasteiger partial charge in [-0.15, -0.1) is 0 Å². The summed E-state index contributed by atoms with van der Waals surface area (Å²) in [5.74, 6) is -0.193. The summed E-state index contributed by atoms with van der Waals surface area (Å²) in [6.07, 6.45) is -5.00. The van der Waals surface area contributed by atoms with Crippen molar-refractivity contribution in [2.75, 3.05) is 20.3 Å². The number of methoxy groups -OCH3 is 1. The molecule has 0 spiro atoms. The molecule has 0 saturated heterocycles. The van der Waals surface area contributed by atoms with Crippen molar-refractivity contribution in [1.29, 1.82) is 0 Å². The van der Waals surface area contributed by atoms with Crippen LogP contribution in [0.1, 0.15) is 11.7 Å². The van der Waals surface area contributed by atoms with Crippen LogP contribution >= 0.6 is 0 Å². The zero-order chi connectivity index (χ0) is 15.2. The molecule has 1 atom stereocenters.